The zero-order chi connectivity index (χ0) is 12.3. The highest BCUT2D eigenvalue weighted by molar-refractivity contribution is 6.33. The molecule has 0 amide bonds. The molecule has 0 bridgehead atoms. The van der Waals surface area contributed by atoms with Crippen molar-refractivity contribution in [2.45, 2.75) is 19.9 Å². The summed E-state index contributed by atoms with van der Waals surface area (Å²) in [7, 11) is 0. The summed E-state index contributed by atoms with van der Waals surface area (Å²) in [6.45, 7) is 3.00. The number of aromatic nitrogens is 2. The van der Waals surface area contributed by atoms with Gasteiger partial charge in [-0.3, -0.25) is 9.48 Å². The van der Waals surface area contributed by atoms with Gasteiger partial charge in [-0.1, -0.05) is 24.6 Å². The number of nitrogens with zero attached hydrogens (tertiary/aromatic N) is 2. The molecule has 4 heteroatoms. The summed E-state index contributed by atoms with van der Waals surface area (Å²) in [5.41, 5.74) is 2.46. The first-order valence-corrected chi connectivity index (χ1v) is 5.90. The van der Waals surface area contributed by atoms with Crippen molar-refractivity contribution in [1.82, 2.24) is 9.78 Å². The van der Waals surface area contributed by atoms with Crippen LogP contribution in [0.4, 0.5) is 0 Å². The van der Waals surface area contributed by atoms with Crippen LogP contribution in [0.2, 0.25) is 5.02 Å². The molecule has 2 rings (SSSR count). The lowest BCUT2D eigenvalue weighted by molar-refractivity contribution is 0.112. The number of aldehydes is 1. The molecule has 0 saturated heterocycles. The van der Waals surface area contributed by atoms with Gasteiger partial charge in [-0.25, -0.2) is 0 Å². The molecule has 0 aliphatic heterocycles. The predicted molar refractivity (Wildman–Crippen MR) is 68.4 cm³/mol. The normalized spacial score (nSPS) is 10.5. The van der Waals surface area contributed by atoms with E-state index in [2.05, 4.69) is 12.0 Å². The molecule has 0 spiro atoms. The van der Waals surface area contributed by atoms with Crippen molar-refractivity contribution in [3.63, 3.8) is 0 Å². The third-order valence-electron chi connectivity index (χ3n) is 2.54. The highest BCUT2D eigenvalue weighted by Crippen LogP contribution is 2.23. The van der Waals surface area contributed by atoms with Crippen molar-refractivity contribution in [2.75, 3.05) is 0 Å². The maximum atomic E-state index is 10.8. The van der Waals surface area contributed by atoms with Gasteiger partial charge >= 0.3 is 0 Å². The van der Waals surface area contributed by atoms with Gasteiger partial charge in [-0.15, -0.1) is 0 Å². The van der Waals surface area contributed by atoms with Gasteiger partial charge in [0.25, 0.3) is 0 Å². The monoisotopic (exact) mass is 248 g/mol. The van der Waals surface area contributed by atoms with Gasteiger partial charge in [-0.2, -0.15) is 5.10 Å². The van der Waals surface area contributed by atoms with E-state index in [1.54, 1.807) is 18.3 Å². The van der Waals surface area contributed by atoms with Gasteiger partial charge < -0.3 is 0 Å². The molecule has 1 heterocycles. The molecule has 0 unspecified atom stereocenters. The van der Waals surface area contributed by atoms with Crippen molar-refractivity contribution in [1.29, 1.82) is 0 Å². The number of benzene rings is 1. The van der Waals surface area contributed by atoms with E-state index in [1.165, 1.54) is 0 Å². The lowest BCUT2D eigenvalue weighted by atomic mass is 10.1. The van der Waals surface area contributed by atoms with E-state index in [-0.39, 0.29) is 0 Å². The molecular weight excluding hydrogens is 236 g/mol. The van der Waals surface area contributed by atoms with Crippen LogP contribution in [0.25, 0.3) is 11.1 Å². The molecule has 0 saturated carbocycles. The minimum Gasteiger partial charge on any atom is -0.298 e. The Kier molecular flexibility index (Phi) is 3.59. The Bertz CT molecular complexity index is 534. The van der Waals surface area contributed by atoms with Gasteiger partial charge in [0.1, 0.15) is 0 Å². The van der Waals surface area contributed by atoms with Gasteiger partial charge in [0.05, 0.1) is 11.2 Å². The van der Waals surface area contributed by atoms with Crippen LogP contribution in [0.15, 0.2) is 30.6 Å². The third-order valence-corrected chi connectivity index (χ3v) is 2.89. The molecule has 0 radical (unpaired) electrons. The van der Waals surface area contributed by atoms with E-state index >= 15 is 0 Å². The predicted octanol–water partition coefficient (Wildman–Crippen LogP) is 3.43. The van der Waals surface area contributed by atoms with Gasteiger partial charge in [0.15, 0.2) is 6.29 Å². The number of hydrogen-bond donors (Lipinski definition) is 0. The fraction of sp³-hybridized carbons (Fsp3) is 0.231. The van der Waals surface area contributed by atoms with Crippen molar-refractivity contribution >= 4 is 17.9 Å². The van der Waals surface area contributed by atoms with E-state index in [0.29, 0.717) is 10.6 Å². The highest BCUT2D eigenvalue weighted by Gasteiger charge is 2.05. The van der Waals surface area contributed by atoms with Gasteiger partial charge in [0.2, 0.25) is 0 Å². The Labute approximate surface area is 105 Å². The first-order chi connectivity index (χ1) is 8.24. The zero-order valence-electron chi connectivity index (χ0n) is 9.56. The van der Waals surface area contributed by atoms with Crippen LogP contribution in [-0.4, -0.2) is 16.1 Å². The van der Waals surface area contributed by atoms with Crippen molar-refractivity contribution < 1.29 is 4.79 Å². The van der Waals surface area contributed by atoms with Crippen LogP contribution >= 0.6 is 11.6 Å². The summed E-state index contributed by atoms with van der Waals surface area (Å²) in [4.78, 5) is 10.8. The van der Waals surface area contributed by atoms with Crippen LogP contribution < -0.4 is 0 Å². The molecule has 0 atom stereocenters. The average Bonchev–Trinajstić information content (AvgIpc) is 2.79. The number of hydrogen-bond acceptors (Lipinski definition) is 2. The van der Waals surface area contributed by atoms with E-state index in [9.17, 15) is 4.79 Å². The van der Waals surface area contributed by atoms with Crippen LogP contribution in [0, 0.1) is 0 Å². The van der Waals surface area contributed by atoms with Crippen molar-refractivity contribution in [3.05, 3.63) is 41.2 Å². The third kappa shape index (κ3) is 2.56. The molecule has 0 fully saturated rings. The first-order valence-electron chi connectivity index (χ1n) is 5.52. The second-order valence-corrected chi connectivity index (χ2v) is 4.25. The molecule has 1 aromatic carbocycles. The zero-order valence-corrected chi connectivity index (χ0v) is 10.3. The molecule has 0 N–H and O–H groups in total. The Morgan fingerprint density at radius 1 is 1.41 bits per heavy atom. The van der Waals surface area contributed by atoms with Crippen molar-refractivity contribution in [2.24, 2.45) is 0 Å². The number of carbonyl (C=O) groups is 1. The summed E-state index contributed by atoms with van der Waals surface area (Å²) >= 11 is 5.89. The minimum atomic E-state index is 0.477. The summed E-state index contributed by atoms with van der Waals surface area (Å²) in [6.07, 6.45) is 5.58. The second-order valence-electron chi connectivity index (χ2n) is 3.85. The largest absolute Gasteiger partial charge is 0.298 e. The van der Waals surface area contributed by atoms with E-state index in [0.717, 1.165) is 30.4 Å². The molecular formula is C13H13ClN2O. The number of carbonyl (C=O) groups excluding carboxylic acids is 1. The summed E-state index contributed by atoms with van der Waals surface area (Å²) < 4.78 is 1.89. The smallest absolute Gasteiger partial charge is 0.151 e. The molecule has 3 nitrogen and oxygen atoms in total. The molecule has 88 valence electrons. The van der Waals surface area contributed by atoms with E-state index < -0.39 is 0 Å². The van der Waals surface area contributed by atoms with Gasteiger partial charge in [-0.05, 0) is 24.1 Å². The fourth-order valence-corrected chi connectivity index (χ4v) is 1.84. The second kappa shape index (κ2) is 5.15. The molecule has 2 aromatic rings. The lowest BCUT2D eigenvalue weighted by Gasteiger charge is -2.00. The van der Waals surface area contributed by atoms with Crippen LogP contribution in [0.3, 0.4) is 0 Å². The Hall–Kier alpha value is -1.61. The Balaban J connectivity index is 2.35. The maximum absolute atomic E-state index is 10.8. The molecule has 0 aliphatic carbocycles. The first kappa shape index (κ1) is 11.9. The average molecular weight is 249 g/mol. The summed E-state index contributed by atoms with van der Waals surface area (Å²) in [5.74, 6) is 0. The molecule has 0 aliphatic rings. The maximum Gasteiger partial charge on any atom is 0.151 e. The van der Waals surface area contributed by atoms with E-state index in [1.807, 2.05) is 16.9 Å². The SMILES string of the molecule is CCCn1cc(-c2ccc(Cl)c(C=O)c2)cn1. The summed E-state index contributed by atoms with van der Waals surface area (Å²) in [5, 5.41) is 4.73. The quantitative estimate of drug-likeness (QED) is 0.777. The van der Waals surface area contributed by atoms with Crippen LogP contribution in [0.1, 0.15) is 23.7 Å². The Morgan fingerprint density at radius 3 is 2.94 bits per heavy atom. The van der Waals surface area contributed by atoms with Crippen LogP contribution in [0.5, 0.6) is 0 Å². The lowest BCUT2D eigenvalue weighted by Crippen LogP contribution is -1.95. The van der Waals surface area contributed by atoms with E-state index in [4.69, 9.17) is 11.6 Å². The summed E-state index contributed by atoms with van der Waals surface area (Å²) in [6, 6.07) is 5.41. The topological polar surface area (TPSA) is 34.9 Å². The Morgan fingerprint density at radius 2 is 2.24 bits per heavy atom. The number of rotatable bonds is 4. The molecule has 1 aromatic heterocycles. The van der Waals surface area contributed by atoms with Crippen LogP contribution in [-0.2, 0) is 6.54 Å². The molecule has 17 heavy (non-hydrogen) atoms. The number of aryl methyl sites for hydroxylation is 1. The van der Waals surface area contributed by atoms with Gasteiger partial charge in [0, 0.05) is 23.9 Å². The number of halogens is 1. The fourth-order valence-electron chi connectivity index (χ4n) is 1.68. The van der Waals surface area contributed by atoms with Crippen molar-refractivity contribution in [3.8, 4) is 11.1 Å². The standard InChI is InChI=1S/C13H13ClN2O/c1-2-5-16-8-12(7-15-16)10-3-4-13(14)11(6-10)9-17/h3-4,6-9H,2,5H2,1H3. The minimum absolute atomic E-state index is 0.477. The highest BCUT2D eigenvalue weighted by atomic mass is 35.5.